The molecule has 1 aromatic carbocycles. The normalized spacial score (nSPS) is 16.3. The Labute approximate surface area is 175 Å². The highest BCUT2D eigenvalue weighted by molar-refractivity contribution is 5.90. The molecule has 1 atom stereocenters. The average Bonchev–Trinajstić information content (AvgIpc) is 3.09. The Kier molecular flexibility index (Phi) is 9.89. The maximum Gasteiger partial charge on any atom is 0.267 e. The molecule has 2 heterocycles. The lowest BCUT2D eigenvalue weighted by Gasteiger charge is -2.17. The van der Waals surface area contributed by atoms with Crippen LogP contribution in [-0.2, 0) is 11.3 Å². The van der Waals surface area contributed by atoms with Crippen molar-refractivity contribution in [3.8, 4) is 0 Å². The number of hydrogen-bond acceptors (Lipinski definition) is 5. The summed E-state index contributed by atoms with van der Waals surface area (Å²) in [4.78, 5) is 17.5. The van der Waals surface area contributed by atoms with Crippen molar-refractivity contribution in [1.29, 1.82) is 0 Å². The first-order valence-electron chi connectivity index (χ1n) is 8.44. The molecule has 6 nitrogen and oxygen atoms in total. The lowest BCUT2D eigenvalue weighted by molar-refractivity contribution is -0.124. The van der Waals surface area contributed by atoms with E-state index in [1.807, 2.05) is 24.3 Å². The molecule has 1 saturated heterocycles. The molecule has 0 bridgehead atoms. The van der Waals surface area contributed by atoms with Gasteiger partial charge in [0.25, 0.3) is 5.91 Å². The van der Waals surface area contributed by atoms with Crippen LogP contribution in [0.15, 0.2) is 48.7 Å². The summed E-state index contributed by atoms with van der Waals surface area (Å²) in [5.41, 5.74) is 3.01. The number of nitrogens with one attached hydrogen (secondary N) is 2. The van der Waals surface area contributed by atoms with Crippen molar-refractivity contribution >= 4 is 42.6 Å². The third-order valence-corrected chi connectivity index (χ3v) is 4.30. The molecule has 152 valence electrons. The molecule has 0 aliphatic carbocycles. The molecule has 1 amide bonds. The van der Waals surface area contributed by atoms with Crippen LogP contribution in [0.1, 0.15) is 17.5 Å². The Hall–Kier alpha value is -2.19. The maximum atomic E-state index is 13.8. The Bertz CT molecular complexity index is 790. The molecule has 1 aliphatic heterocycles. The minimum Gasteiger partial charge on any atom is -0.366 e. The van der Waals surface area contributed by atoms with E-state index in [0.29, 0.717) is 12.1 Å². The Morgan fingerprint density at radius 3 is 2.75 bits per heavy atom. The van der Waals surface area contributed by atoms with Crippen LogP contribution in [0.3, 0.4) is 0 Å². The smallest absolute Gasteiger partial charge is 0.267 e. The van der Waals surface area contributed by atoms with Gasteiger partial charge in [-0.15, -0.1) is 24.8 Å². The third kappa shape index (κ3) is 6.76. The summed E-state index contributed by atoms with van der Waals surface area (Å²) in [5, 5.41) is 11.8. The van der Waals surface area contributed by atoms with Crippen LogP contribution in [0.5, 0.6) is 0 Å². The van der Waals surface area contributed by atoms with Crippen molar-refractivity contribution in [1.82, 2.24) is 15.4 Å². The second kappa shape index (κ2) is 11.6. The first kappa shape index (κ1) is 23.8. The van der Waals surface area contributed by atoms with Gasteiger partial charge in [0, 0.05) is 43.5 Å². The van der Waals surface area contributed by atoms with Crippen molar-refractivity contribution in [2.75, 3.05) is 18.4 Å². The molecule has 1 aliphatic rings. The van der Waals surface area contributed by atoms with Crippen molar-refractivity contribution in [2.45, 2.75) is 19.0 Å². The van der Waals surface area contributed by atoms with Gasteiger partial charge in [-0.2, -0.15) is 0 Å². The number of aromatic nitrogens is 1. The lowest BCUT2D eigenvalue weighted by atomic mass is 10.2. The van der Waals surface area contributed by atoms with Gasteiger partial charge in [-0.3, -0.25) is 14.9 Å². The van der Waals surface area contributed by atoms with E-state index in [0.717, 1.165) is 30.9 Å². The average molecular weight is 429 g/mol. The number of amides is 1. The zero-order chi connectivity index (χ0) is 18.4. The van der Waals surface area contributed by atoms with Gasteiger partial charge in [0.1, 0.15) is 11.6 Å². The number of hydrogen-bond donors (Lipinski definition) is 3. The summed E-state index contributed by atoms with van der Waals surface area (Å²) < 4.78 is 13.8. The van der Waals surface area contributed by atoms with Gasteiger partial charge >= 0.3 is 0 Å². The Balaban J connectivity index is 0.00000196. The lowest BCUT2D eigenvalue weighted by Crippen LogP contribution is -2.26. The van der Waals surface area contributed by atoms with Gasteiger partial charge < -0.3 is 5.32 Å². The summed E-state index contributed by atoms with van der Waals surface area (Å²) in [6.45, 7) is 2.34. The summed E-state index contributed by atoms with van der Waals surface area (Å²) in [7, 11) is 0. The number of carbonyl (C=O) groups excluding carboxylic acids is 1. The van der Waals surface area contributed by atoms with Crippen LogP contribution in [0.25, 0.3) is 6.08 Å². The number of halogens is 3. The van der Waals surface area contributed by atoms with Gasteiger partial charge in [-0.05, 0) is 36.3 Å². The molecule has 9 heteroatoms. The molecule has 0 spiro atoms. The molecular weight excluding hydrogens is 406 g/mol. The Morgan fingerprint density at radius 1 is 1.29 bits per heavy atom. The van der Waals surface area contributed by atoms with Gasteiger partial charge in [0.15, 0.2) is 0 Å². The van der Waals surface area contributed by atoms with Crippen molar-refractivity contribution < 1.29 is 14.4 Å². The number of hydroxylamine groups is 1. The maximum absolute atomic E-state index is 13.8. The molecule has 28 heavy (non-hydrogen) atoms. The predicted octanol–water partition coefficient (Wildman–Crippen LogP) is 3.27. The minimum absolute atomic E-state index is 0. The number of carbonyl (C=O) groups is 1. The fourth-order valence-electron chi connectivity index (χ4n) is 2.97. The fourth-order valence-corrected chi connectivity index (χ4v) is 2.97. The van der Waals surface area contributed by atoms with Gasteiger partial charge in [0.05, 0.1) is 0 Å². The minimum atomic E-state index is -0.590. The molecule has 1 fully saturated rings. The summed E-state index contributed by atoms with van der Waals surface area (Å²) in [6, 6.07) is 10.8. The quantitative estimate of drug-likeness (QED) is 0.373. The van der Waals surface area contributed by atoms with Gasteiger partial charge in [-0.1, -0.05) is 18.2 Å². The van der Waals surface area contributed by atoms with Crippen LogP contribution in [0.4, 0.5) is 10.2 Å². The SMILES string of the molecule is Cl.Cl.O=C(C=Cc1ccc(N[C@@H]2CCN(Cc3ccccc3F)C2)nc1)NO. The van der Waals surface area contributed by atoms with E-state index in [1.54, 1.807) is 18.3 Å². The standard InChI is InChI=1S/C19H21FN4O2.2ClH/c20-17-4-2-1-3-15(17)12-24-10-9-16(13-24)22-18-7-5-14(11-21-18)6-8-19(25)23-26;;/h1-8,11,16,26H,9-10,12-13H2,(H,21,22)(H,23,25);2*1H/t16-;;/m1../s1. The van der Waals surface area contributed by atoms with Crippen LogP contribution in [-0.4, -0.2) is 40.1 Å². The van der Waals surface area contributed by atoms with E-state index < -0.39 is 5.91 Å². The molecule has 1 aromatic heterocycles. The highest BCUT2D eigenvalue weighted by Crippen LogP contribution is 2.18. The number of benzene rings is 1. The molecule has 2 aromatic rings. The van der Waals surface area contributed by atoms with E-state index in [4.69, 9.17) is 5.21 Å². The first-order chi connectivity index (χ1) is 12.6. The number of nitrogens with zero attached hydrogens (tertiary/aromatic N) is 2. The summed E-state index contributed by atoms with van der Waals surface area (Å²) >= 11 is 0. The van der Waals surface area contributed by atoms with Crippen LogP contribution >= 0.6 is 24.8 Å². The monoisotopic (exact) mass is 428 g/mol. The molecule has 0 saturated carbocycles. The largest absolute Gasteiger partial charge is 0.366 e. The highest BCUT2D eigenvalue weighted by Gasteiger charge is 2.23. The number of pyridine rings is 1. The molecule has 0 unspecified atom stereocenters. The van der Waals surface area contributed by atoms with Crippen molar-refractivity contribution in [3.05, 3.63) is 65.6 Å². The van der Waals surface area contributed by atoms with E-state index >= 15 is 0 Å². The number of anilines is 1. The molecular formula is C19H23Cl2FN4O2. The zero-order valence-corrected chi connectivity index (χ0v) is 16.7. The van der Waals surface area contributed by atoms with Crippen LogP contribution in [0.2, 0.25) is 0 Å². The second-order valence-corrected chi connectivity index (χ2v) is 6.24. The van der Waals surface area contributed by atoms with Crippen LogP contribution < -0.4 is 10.8 Å². The van der Waals surface area contributed by atoms with E-state index in [-0.39, 0.29) is 36.7 Å². The van der Waals surface area contributed by atoms with E-state index in [9.17, 15) is 9.18 Å². The Morgan fingerprint density at radius 2 is 2.07 bits per heavy atom. The van der Waals surface area contributed by atoms with Crippen LogP contribution in [0, 0.1) is 5.82 Å². The molecule has 0 radical (unpaired) electrons. The van der Waals surface area contributed by atoms with E-state index in [2.05, 4.69) is 15.2 Å². The molecule has 3 rings (SSSR count). The topological polar surface area (TPSA) is 77.5 Å². The fraction of sp³-hybridized carbons (Fsp3) is 0.263. The summed E-state index contributed by atoms with van der Waals surface area (Å²) in [6.07, 6.45) is 5.40. The summed E-state index contributed by atoms with van der Waals surface area (Å²) in [5.74, 6) is 0.00343. The van der Waals surface area contributed by atoms with Crippen molar-refractivity contribution in [3.63, 3.8) is 0 Å². The zero-order valence-electron chi connectivity index (χ0n) is 15.0. The third-order valence-electron chi connectivity index (χ3n) is 4.30. The van der Waals surface area contributed by atoms with Gasteiger partial charge in [-0.25, -0.2) is 14.9 Å². The van der Waals surface area contributed by atoms with Gasteiger partial charge in [0.2, 0.25) is 0 Å². The molecule has 3 N–H and O–H groups in total. The van der Waals surface area contributed by atoms with E-state index in [1.165, 1.54) is 17.6 Å². The highest BCUT2D eigenvalue weighted by atomic mass is 35.5. The predicted molar refractivity (Wildman–Crippen MR) is 111 cm³/mol. The number of rotatable bonds is 6. The number of likely N-dealkylation sites (tertiary alicyclic amines) is 1. The second-order valence-electron chi connectivity index (χ2n) is 6.24. The van der Waals surface area contributed by atoms with Crippen molar-refractivity contribution in [2.24, 2.45) is 0 Å². The first-order valence-corrected chi connectivity index (χ1v) is 8.44.